The summed E-state index contributed by atoms with van der Waals surface area (Å²) in [6, 6.07) is 6.58. The Hall–Kier alpha value is -2.79. The highest BCUT2D eigenvalue weighted by Crippen LogP contribution is 2.28. The molecule has 10 nitrogen and oxygen atoms in total. The molecule has 148 valence electrons. The van der Waals surface area contributed by atoms with Gasteiger partial charge in [0, 0.05) is 17.6 Å². The molecule has 0 saturated carbocycles. The first-order valence-corrected chi connectivity index (χ1v) is 8.70. The van der Waals surface area contributed by atoms with Crippen LogP contribution >= 0.6 is 0 Å². The lowest BCUT2D eigenvalue weighted by Gasteiger charge is -2.18. The summed E-state index contributed by atoms with van der Waals surface area (Å²) in [5.41, 5.74) is 0.556. The molecule has 4 atom stereocenters. The van der Waals surface area contributed by atoms with Gasteiger partial charge in [-0.2, -0.15) is 0 Å². The second-order valence-electron chi connectivity index (χ2n) is 6.74. The smallest absolute Gasteiger partial charge is 0.333 e. The van der Waals surface area contributed by atoms with Crippen molar-refractivity contribution in [2.75, 3.05) is 6.61 Å². The minimum absolute atomic E-state index is 0.134. The summed E-state index contributed by atoms with van der Waals surface area (Å²) < 4.78 is 12.6. The van der Waals surface area contributed by atoms with Gasteiger partial charge in [-0.1, -0.05) is 17.3 Å². The lowest BCUT2D eigenvalue weighted by Crippen LogP contribution is -2.43. The van der Waals surface area contributed by atoms with E-state index in [1.54, 1.807) is 6.07 Å². The number of hydrogen-bond donors (Lipinski definition) is 3. The lowest BCUT2D eigenvalue weighted by molar-refractivity contribution is -0.0555. The van der Waals surface area contributed by atoms with Crippen LogP contribution in [0, 0.1) is 6.92 Å². The van der Waals surface area contributed by atoms with E-state index >= 15 is 0 Å². The number of aliphatic hydroxyl groups is 3. The third-order valence-corrected chi connectivity index (χ3v) is 4.97. The number of rotatable bonds is 4. The molecule has 3 heterocycles. The molecule has 0 radical (unpaired) electrons. The van der Waals surface area contributed by atoms with Gasteiger partial charge in [-0.25, -0.2) is 4.79 Å². The minimum Gasteiger partial charge on any atom is -0.394 e. The Balaban J connectivity index is 1.76. The lowest BCUT2D eigenvalue weighted by atomic mass is 10.1. The van der Waals surface area contributed by atoms with Gasteiger partial charge in [0.05, 0.1) is 13.2 Å². The fraction of sp³-hybridized carbons (Fsp3) is 0.389. The van der Waals surface area contributed by atoms with E-state index in [-0.39, 0.29) is 6.54 Å². The Morgan fingerprint density at radius 1 is 1.18 bits per heavy atom. The number of aliphatic hydroxyl groups excluding tert-OH is 3. The Morgan fingerprint density at radius 3 is 2.68 bits per heavy atom. The van der Waals surface area contributed by atoms with Crippen molar-refractivity contribution in [2.45, 2.75) is 38.0 Å². The number of benzene rings is 1. The summed E-state index contributed by atoms with van der Waals surface area (Å²) in [6.07, 6.45) is -3.87. The van der Waals surface area contributed by atoms with Crippen molar-refractivity contribution in [1.82, 2.24) is 14.3 Å². The van der Waals surface area contributed by atoms with Gasteiger partial charge in [-0.05, 0) is 18.6 Å². The minimum atomic E-state index is -1.43. The van der Waals surface area contributed by atoms with Crippen molar-refractivity contribution in [3.8, 4) is 0 Å². The first kappa shape index (κ1) is 18.6. The summed E-state index contributed by atoms with van der Waals surface area (Å²) in [5, 5.41) is 34.0. The van der Waals surface area contributed by atoms with Crippen LogP contribution in [0.2, 0.25) is 0 Å². The van der Waals surface area contributed by atoms with Gasteiger partial charge in [0.25, 0.3) is 5.56 Å². The van der Waals surface area contributed by atoms with Gasteiger partial charge in [-0.15, -0.1) is 0 Å². The molecule has 0 unspecified atom stereocenters. The van der Waals surface area contributed by atoms with E-state index in [0.29, 0.717) is 11.3 Å². The van der Waals surface area contributed by atoms with Crippen molar-refractivity contribution in [3.63, 3.8) is 0 Å². The number of hydrogen-bond acceptors (Lipinski definition) is 8. The Kier molecular flexibility index (Phi) is 4.63. The van der Waals surface area contributed by atoms with E-state index in [1.165, 1.54) is 6.20 Å². The molecular weight excluding hydrogens is 370 g/mol. The van der Waals surface area contributed by atoms with E-state index in [0.717, 1.165) is 26.2 Å². The van der Waals surface area contributed by atoms with Gasteiger partial charge in [0.1, 0.15) is 24.0 Å². The summed E-state index contributed by atoms with van der Waals surface area (Å²) in [5.74, 6) is 0. The maximum absolute atomic E-state index is 12.9. The average Bonchev–Trinajstić information content (AvgIpc) is 3.22. The molecule has 0 bridgehead atoms. The van der Waals surface area contributed by atoms with Gasteiger partial charge in [-0.3, -0.25) is 13.9 Å². The summed E-state index contributed by atoms with van der Waals surface area (Å²) in [4.78, 5) is 25.2. The number of aryl methyl sites for hydroxylation is 1. The molecule has 3 N–H and O–H groups in total. The fourth-order valence-corrected chi connectivity index (χ4v) is 3.47. The predicted octanol–water partition coefficient (Wildman–Crippen LogP) is -0.881. The highest BCUT2D eigenvalue weighted by Gasteiger charge is 2.43. The van der Waals surface area contributed by atoms with Crippen LogP contribution in [-0.2, 0) is 11.3 Å². The molecule has 3 aromatic rings. The SMILES string of the molecule is Cc1cccc2onc(Cn3c(=O)ccn([C@@H]4O[C@H](CO)[C@@H](O)[C@H]4O)c3=O)c12. The largest absolute Gasteiger partial charge is 0.394 e. The van der Waals surface area contributed by atoms with Crippen molar-refractivity contribution >= 4 is 11.0 Å². The van der Waals surface area contributed by atoms with Crippen molar-refractivity contribution in [2.24, 2.45) is 0 Å². The number of nitrogens with zero attached hydrogens (tertiary/aromatic N) is 3. The second kappa shape index (κ2) is 6.99. The van der Waals surface area contributed by atoms with E-state index in [2.05, 4.69) is 5.16 Å². The van der Waals surface area contributed by atoms with Crippen molar-refractivity contribution in [3.05, 3.63) is 62.6 Å². The number of fused-ring (bicyclic) bond motifs is 1. The topological polar surface area (TPSA) is 140 Å². The van der Waals surface area contributed by atoms with Gasteiger partial charge >= 0.3 is 5.69 Å². The average molecular weight is 389 g/mol. The van der Waals surface area contributed by atoms with E-state index in [1.807, 2.05) is 19.1 Å². The normalized spacial score (nSPS) is 24.9. The first-order valence-electron chi connectivity index (χ1n) is 8.70. The molecule has 28 heavy (non-hydrogen) atoms. The second-order valence-corrected chi connectivity index (χ2v) is 6.74. The predicted molar refractivity (Wildman–Crippen MR) is 95.8 cm³/mol. The van der Waals surface area contributed by atoms with Crippen LogP contribution in [0.25, 0.3) is 11.0 Å². The maximum atomic E-state index is 12.9. The highest BCUT2D eigenvalue weighted by molar-refractivity contribution is 5.82. The highest BCUT2D eigenvalue weighted by atomic mass is 16.6. The molecule has 10 heteroatoms. The third kappa shape index (κ3) is 2.87. The molecule has 0 spiro atoms. The molecule has 1 aliphatic heterocycles. The zero-order chi connectivity index (χ0) is 20.0. The Morgan fingerprint density at radius 2 is 1.96 bits per heavy atom. The monoisotopic (exact) mass is 389 g/mol. The Labute approximate surface area is 157 Å². The van der Waals surface area contributed by atoms with E-state index < -0.39 is 42.4 Å². The quantitative estimate of drug-likeness (QED) is 0.523. The Bertz CT molecular complexity index is 1130. The van der Waals surface area contributed by atoms with Crippen LogP contribution in [0.5, 0.6) is 0 Å². The van der Waals surface area contributed by atoms with Crippen LogP contribution in [0.3, 0.4) is 0 Å². The van der Waals surface area contributed by atoms with Crippen molar-refractivity contribution in [1.29, 1.82) is 0 Å². The molecule has 4 rings (SSSR count). The zero-order valence-corrected chi connectivity index (χ0v) is 14.9. The molecule has 1 fully saturated rings. The van der Waals surface area contributed by atoms with Crippen LogP contribution in [0.15, 0.2) is 44.6 Å². The van der Waals surface area contributed by atoms with E-state index in [4.69, 9.17) is 9.26 Å². The standard InChI is InChI=1S/C18H19N3O7/c1-9-3-2-4-11-14(9)10(19-28-11)7-21-13(23)5-6-20(18(21)26)17-16(25)15(24)12(8-22)27-17/h2-6,12,15-17,22,24-25H,7-8H2,1H3/t12-,15-,16-,17-/m1/s1. The first-order chi connectivity index (χ1) is 13.4. The molecular formula is C18H19N3O7. The molecule has 0 amide bonds. The summed E-state index contributed by atoms with van der Waals surface area (Å²) in [7, 11) is 0. The summed E-state index contributed by atoms with van der Waals surface area (Å²) >= 11 is 0. The molecule has 1 aliphatic rings. The van der Waals surface area contributed by atoms with Crippen LogP contribution in [0.4, 0.5) is 0 Å². The zero-order valence-electron chi connectivity index (χ0n) is 14.9. The molecule has 2 aromatic heterocycles. The maximum Gasteiger partial charge on any atom is 0.333 e. The number of ether oxygens (including phenoxy) is 1. The summed E-state index contributed by atoms with van der Waals surface area (Å²) in [6.45, 7) is 1.21. The van der Waals surface area contributed by atoms with Gasteiger partial charge < -0.3 is 24.6 Å². The van der Waals surface area contributed by atoms with Gasteiger partial charge in [0.2, 0.25) is 0 Å². The third-order valence-electron chi connectivity index (χ3n) is 4.97. The molecule has 1 saturated heterocycles. The van der Waals surface area contributed by atoms with Gasteiger partial charge in [0.15, 0.2) is 11.8 Å². The fourth-order valence-electron chi connectivity index (χ4n) is 3.47. The van der Waals surface area contributed by atoms with Crippen LogP contribution in [-0.4, -0.2) is 54.5 Å². The molecule has 1 aromatic carbocycles. The molecule has 0 aliphatic carbocycles. The number of aromatic nitrogens is 3. The van der Waals surface area contributed by atoms with Crippen LogP contribution < -0.4 is 11.2 Å². The van der Waals surface area contributed by atoms with E-state index in [9.17, 15) is 24.9 Å². The van der Waals surface area contributed by atoms with Crippen LogP contribution in [0.1, 0.15) is 17.5 Å². The van der Waals surface area contributed by atoms with Crippen molar-refractivity contribution < 1.29 is 24.6 Å².